The monoisotopic (exact) mass is 785 g/mol. The highest BCUT2D eigenvalue weighted by Gasteiger charge is 2.34. The molecule has 4 atom stereocenters. The molecule has 0 aromatic heterocycles. The van der Waals surface area contributed by atoms with E-state index in [1.165, 1.54) is 122 Å². The van der Waals surface area contributed by atoms with Crippen molar-refractivity contribution in [3.05, 3.63) is 24.3 Å². The Morgan fingerprint density at radius 1 is 0.696 bits per heavy atom. The molecule has 0 aromatic rings. The van der Waals surface area contributed by atoms with Crippen LogP contribution in [0.1, 0.15) is 162 Å². The van der Waals surface area contributed by atoms with Crippen molar-refractivity contribution < 1.29 is 19.1 Å². The number of rotatable bonds is 35. The van der Waals surface area contributed by atoms with E-state index in [2.05, 4.69) is 59.4 Å². The van der Waals surface area contributed by atoms with Gasteiger partial charge in [-0.3, -0.25) is 10.1 Å². The van der Waals surface area contributed by atoms with Crippen molar-refractivity contribution in [2.45, 2.75) is 162 Å². The summed E-state index contributed by atoms with van der Waals surface area (Å²) in [6, 6.07) is 0.0194. The van der Waals surface area contributed by atoms with Crippen molar-refractivity contribution in [2.75, 3.05) is 65.7 Å². The van der Waals surface area contributed by atoms with Gasteiger partial charge < -0.3 is 30.5 Å². The minimum Gasteiger partial charge on any atom is -0.366 e. The van der Waals surface area contributed by atoms with Gasteiger partial charge in [-0.15, -0.1) is 0 Å². The van der Waals surface area contributed by atoms with Gasteiger partial charge in [0.25, 0.3) is 0 Å². The van der Waals surface area contributed by atoms with Crippen LogP contribution in [0.4, 0.5) is 9.59 Å². The molecule has 56 heavy (non-hydrogen) atoms. The smallest absolute Gasteiger partial charge is 0.317 e. The standard InChI is InChI=1S/C46H84N6O4/c1-3-5-7-9-13-19-25-43-41(24-18-12-10-15-21-27-44(53)48-31-35-52-37-33-50-46(52)55)29-28-40(23-17-8-6-4-2)42(43)26-20-14-11-16-22-38-56-39-47-30-34-51-36-32-49-45(51)54/h13,19,28-29,40-43,47H,3-12,14-18,20-27,30-39H2,1-2H3,(H,48,53)(H,49,54)(H,50,55). The zero-order chi connectivity index (χ0) is 39.9. The first-order chi connectivity index (χ1) is 27.5. The van der Waals surface area contributed by atoms with Crippen molar-refractivity contribution in [3.63, 3.8) is 0 Å². The lowest BCUT2D eigenvalue weighted by Gasteiger charge is -2.40. The summed E-state index contributed by atoms with van der Waals surface area (Å²) in [5, 5.41) is 11.9. The van der Waals surface area contributed by atoms with Crippen LogP contribution in [0.3, 0.4) is 0 Å². The number of carbonyl (C=O) groups is 3. The molecule has 3 rings (SSSR count). The van der Waals surface area contributed by atoms with Crippen LogP contribution in [-0.2, 0) is 9.53 Å². The SMILES string of the molecule is CCCCCC=CCC1C(CCCCCCCC(=O)NCCN2CCNC2=O)C=CC(CCCCCC)C1CCCCCCCOCNCCN1CCNC1=O. The Kier molecular flexibility index (Phi) is 26.8. The van der Waals surface area contributed by atoms with E-state index < -0.39 is 0 Å². The molecule has 10 heteroatoms. The van der Waals surface area contributed by atoms with Crippen LogP contribution in [0.5, 0.6) is 0 Å². The average Bonchev–Trinajstić information content (AvgIpc) is 3.81. The third-order valence-electron chi connectivity index (χ3n) is 12.3. The van der Waals surface area contributed by atoms with Crippen LogP contribution in [0, 0.1) is 23.7 Å². The molecule has 0 radical (unpaired) electrons. The highest BCUT2D eigenvalue weighted by atomic mass is 16.5. The predicted molar refractivity (Wildman–Crippen MR) is 232 cm³/mol. The molecular weight excluding hydrogens is 701 g/mol. The summed E-state index contributed by atoms with van der Waals surface area (Å²) in [4.78, 5) is 39.2. The number of hydrogen-bond acceptors (Lipinski definition) is 5. The second-order valence-corrected chi connectivity index (χ2v) is 16.8. The van der Waals surface area contributed by atoms with E-state index in [0.29, 0.717) is 38.7 Å². The first-order valence-corrected chi connectivity index (χ1v) is 23.5. The quantitative estimate of drug-likeness (QED) is 0.0291. The zero-order valence-electron chi connectivity index (χ0n) is 36.0. The Labute approximate surface area is 342 Å². The van der Waals surface area contributed by atoms with Crippen LogP contribution < -0.4 is 21.3 Å². The van der Waals surface area contributed by atoms with Gasteiger partial charge in [0.2, 0.25) is 5.91 Å². The molecule has 10 nitrogen and oxygen atoms in total. The van der Waals surface area contributed by atoms with Crippen molar-refractivity contribution in [1.29, 1.82) is 0 Å². The van der Waals surface area contributed by atoms with Crippen LogP contribution in [-0.4, -0.2) is 93.5 Å². The summed E-state index contributed by atoms with van der Waals surface area (Å²) >= 11 is 0. The molecule has 322 valence electrons. The van der Waals surface area contributed by atoms with E-state index in [0.717, 1.165) is 76.3 Å². The summed E-state index contributed by atoms with van der Waals surface area (Å²) in [6.07, 6.45) is 38.7. The molecule has 0 aromatic carbocycles. The first kappa shape index (κ1) is 47.8. The molecule has 2 saturated heterocycles. The Balaban J connectivity index is 1.38. The molecule has 2 fully saturated rings. The van der Waals surface area contributed by atoms with Crippen molar-refractivity contribution in [2.24, 2.45) is 23.7 Å². The van der Waals surface area contributed by atoms with Crippen molar-refractivity contribution in [3.8, 4) is 0 Å². The summed E-state index contributed by atoms with van der Waals surface area (Å²) in [6.45, 7) is 11.6. The highest BCUT2D eigenvalue weighted by Crippen LogP contribution is 2.44. The number of nitrogens with zero attached hydrogens (tertiary/aromatic N) is 2. The molecule has 2 heterocycles. The first-order valence-electron chi connectivity index (χ1n) is 23.5. The van der Waals surface area contributed by atoms with Gasteiger partial charge in [-0.05, 0) is 75.0 Å². The Hall–Kier alpha value is -2.59. The third kappa shape index (κ3) is 20.7. The maximum absolute atomic E-state index is 12.3. The second kappa shape index (κ2) is 31.4. The van der Waals surface area contributed by atoms with E-state index in [9.17, 15) is 14.4 Å². The number of carbonyl (C=O) groups excluding carboxylic acids is 3. The maximum atomic E-state index is 12.3. The van der Waals surface area contributed by atoms with Gasteiger partial charge in [-0.25, -0.2) is 9.59 Å². The van der Waals surface area contributed by atoms with Gasteiger partial charge in [0.05, 0.1) is 6.73 Å². The molecule has 3 aliphatic rings. The predicted octanol–water partition coefficient (Wildman–Crippen LogP) is 9.32. The highest BCUT2D eigenvalue weighted by molar-refractivity contribution is 5.77. The summed E-state index contributed by atoms with van der Waals surface area (Å²) < 4.78 is 5.82. The Morgan fingerprint density at radius 2 is 1.27 bits per heavy atom. The molecule has 4 N–H and O–H groups in total. The van der Waals surface area contributed by atoms with Gasteiger partial charge >= 0.3 is 12.1 Å². The van der Waals surface area contributed by atoms with Crippen molar-refractivity contribution >= 4 is 18.0 Å². The van der Waals surface area contributed by atoms with Gasteiger partial charge in [0.1, 0.15) is 0 Å². The number of nitrogens with one attached hydrogen (secondary N) is 4. The molecule has 4 unspecified atom stereocenters. The van der Waals surface area contributed by atoms with E-state index in [4.69, 9.17) is 4.74 Å². The number of amides is 5. The fraction of sp³-hybridized carbons (Fsp3) is 0.848. The minimum atomic E-state index is -0.0247. The van der Waals surface area contributed by atoms with Crippen LogP contribution in [0.25, 0.3) is 0 Å². The number of unbranched alkanes of at least 4 members (excludes halogenated alkanes) is 14. The molecule has 0 saturated carbocycles. The normalized spacial score (nSPS) is 21.0. The largest absolute Gasteiger partial charge is 0.366 e. The number of ether oxygens (including phenoxy) is 1. The molecule has 5 amide bonds. The zero-order valence-corrected chi connectivity index (χ0v) is 36.0. The Bertz CT molecular complexity index is 1100. The Morgan fingerprint density at radius 3 is 1.93 bits per heavy atom. The van der Waals surface area contributed by atoms with E-state index in [1.807, 2.05) is 4.90 Å². The van der Waals surface area contributed by atoms with Crippen LogP contribution in [0.15, 0.2) is 24.3 Å². The molecule has 0 bridgehead atoms. The molecular formula is C46H84N6O4. The number of urea groups is 2. The fourth-order valence-corrected chi connectivity index (χ4v) is 8.90. The van der Waals surface area contributed by atoms with Crippen LogP contribution in [0.2, 0.25) is 0 Å². The summed E-state index contributed by atoms with van der Waals surface area (Å²) in [7, 11) is 0. The summed E-state index contributed by atoms with van der Waals surface area (Å²) in [5.74, 6) is 3.04. The van der Waals surface area contributed by atoms with Gasteiger partial charge in [0.15, 0.2) is 0 Å². The molecule has 0 spiro atoms. The van der Waals surface area contributed by atoms with Crippen LogP contribution >= 0.6 is 0 Å². The fourth-order valence-electron chi connectivity index (χ4n) is 8.90. The van der Waals surface area contributed by atoms with Crippen molar-refractivity contribution in [1.82, 2.24) is 31.1 Å². The summed E-state index contributed by atoms with van der Waals surface area (Å²) in [5.41, 5.74) is 0. The minimum absolute atomic E-state index is 0.0247. The number of hydrogen-bond donors (Lipinski definition) is 4. The lowest BCUT2D eigenvalue weighted by atomic mass is 9.65. The average molecular weight is 785 g/mol. The van der Waals surface area contributed by atoms with E-state index in [-0.39, 0.29) is 18.0 Å². The van der Waals surface area contributed by atoms with Gasteiger partial charge in [0, 0.05) is 65.4 Å². The number of allylic oxidation sites excluding steroid dienone is 4. The lowest BCUT2D eigenvalue weighted by Crippen LogP contribution is -2.36. The second-order valence-electron chi connectivity index (χ2n) is 16.8. The van der Waals surface area contributed by atoms with Gasteiger partial charge in [-0.1, -0.05) is 128 Å². The molecule has 1 aliphatic carbocycles. The lowest BCUT2D eigenvalue weighted by molar-refractivity contribution is -0.121. The van der Waals surface area contributed by atoms with E-state index in [1.54, 1.807) is 4.90 Å². The third-order valence-corrected chi connectivity index (χ3v) is 12.3. The topological polar surface area (TPSA) is 115 Å². The van der Waals surface area contributed by atoms with E-state index >= 15 is 0 Å². The molecule has 2 aliphatic heterocycles. The van der Waals surface area contributed by atoms with Gasteiger partial charge in [-0.2, -0.15) is 0 Å². The maximum Gasteiger partial charge on any atom is 0.317 e.